The first-order chi connectivity index (χ1) is 25.9. The largest absolute Gasteiger partial charge is 0.493 e. The van der Waals surface area contributed by atoms with Crippen LogP contribution in [-0.4, -0.2) is 60.7 Å². The standard InChI is InChI=1S/C42H42N4O8/c1-42(2,3)54-41(50)46(21-19-27-25-43-32-12-8-6-10-29(27)32)20-18-26-14-16-28(17-15-26)44-39(48)31-22-36(51-4)37(52-5)23-33(31)45-40(49)38-24-34(47)30-11-7-9-13-35(30)53-38/h6-17,22-25,43H,18-21H2,1-5H3,(H,44,48)(H,45,49). The number of aromatic amines is 1. The summed E-state index contributed by atoms with van der Waals surface area (Å²) in [5, 5.41) is 7.03. The quantitative estimate of drug-likeness (QED) is 0.115. The maximum atomic E-state index is 13.7. The number of hydrogen-bond acceptors (Lipinski definition) is 8. The summed E-state index contributed by atoms with van der Waals surface area (Å²) in [6, 6.07) is 26.0. The molecule has 6 aromatic rings. The van der Waals surface area contributed by atoms with Crippen LogP contribution in [0, 0.1) is 0 Å². The number of carbonyl (C=O) groups excluding carboxylic acids is 3. The van der Waals surface area contributed by atoms with Crippen molar-refractivity contribution in [1.82, 2.24) is 9.88 Å². The maximum Gasteiger partial charge on any atom is 0.410 e. The maximum absolute atomic E-state index is 13.7. The zero-order chi connectivity index (χ0) is 38.4. The summed E-state index contributed by atoms with van der Waals surface area (Å²) in [6.45, 7) is 6.44. The van der Waals surface area contributed by atoms with Gasteiger partial charge >= 0.3 is 6.09 Å². The first kappa shape index (κ1) is 37.2. The van der Waals surface area contributed by atoms with E-state index in [-0.39, 0.29) is 45.6 Å². The van der Waals surface area contributed by atoms with Crippen molar-refractivity contribution in [3.8, 4) is 11.5 Å². The van der Waals surface area contributed by atoms with E-state index in [2.05, 4.69) is 21.7 Å². The minimum absolute atomic E-state index is 0.0800. The highest BCUT2D eigenvalue weighted by Crippen LogP contribution is 2.34. The number of nitrogens with zero attached hydrogens (tertiary/aromatic N) is 1. The van der Waals surface area contributed by atoms with Gasteiger partial charge in [0, 0.05) is 48.0 Å². The third-order valence-electron chi connectivity index (χ3n) is 8.73. The highest BCUT2D eigenvalue weighted by molar-refractivity contribution is 6.12. The van der Waals surface area contributed by atoms with Gasteiger partial charge in [0.2, 0.25) is 0 Å². The minimum atomic E-state index is -0.731. The monoisotopic (exact) mass is 730 g/mol. The topological polar surface area (TPSA) is 152 Å². The molecule has 0 bridgehead atoms. The van der Waals surface area contributed by atoms with E-state index < -0.39 is 17.4 Å². The summed E-state index contributed by atoms with van der Waals surface area (Å²) in [7, 11) is 2.87. The third-order valence-corrected chi connectivity index (χ3v) is 8.73. The van der Waals surface area contributed by atoms with Gasteiger partial charge in [-0.2, -0.15) is 0 Å². The number of aromatic nitrogens is 1. The molecule has 0 radical (unpaired) electrons. The highest BCUT2D eigenvalue weighted by atomic mass is 16.6. The van der Waals surface area contributed by atoms with E-state index in [1.807, 2.05) is 57.3 Å². The van der Waals surface area contributed by atoms with Crippen molar-refractivity contribution < 1.29 is 33.0 Å². The second kappa shape index (κ2) is 16.0. The smallest absolute Gasteiger partial charge is 0.410 e. The molecule has 3 amide bonds. The van der Waals surface area contributed by atoms with Gasteiger partial charge in [0.15, 0.2) is 22.7 Å². The molecule has 0 saturated heterocycles. The molecule has 0 spiro atoms. The van der Waals surface area contributed by atoms with Crippen LogP contribution in [0.1, 0.15) is 52.8 Å². The average molecular weight is 731 g/mol. The highest BCUT2D eigenvalue weighted by Gasteiger charge is 2.23. The lowest BCUT2D eigenvalue weighted by Gasteiger charge is -2.27. The average Bonchev–Trinajstić information content (AvgIpc) is 3.57. The van der Waals surface area contributed by atoms with Gasteiger partial charge in [0.1, 0.15) is 11.2 Å². The molecule has 3 N–H and O–H groups in total. The van der Waals surface area contributed by atoms with Gasteiger partial charge < -0.3 is 39.1 Å². The molecule has 0 fully saturated rings. The number of carbonyl (C=O) groups is 3. The molecule has 12 heteroatoms. The van der Waals surface area contributed by atoms with E-state index in [1.165, 1.54) is 26.4 Å². The first-order valence-electron chi connectivity index (χ1n) is 17.5. The minimum Gasteiger partial charge on any atom is -0.493 e. The number of amides is 3. The lowest BCUT2D eigenvalue weighted by molar-refractivity contribution is 0.0254. The summed E-state index contributed by atoms with van der Waals surface area (Å²) in [4.78, 5) is 57.9. The third kappa shape index (κ3) is 8.72. The normalized spacial score (nSPS) is 11.3. The molecule has 0 saturated carbocycles. The Bertz CT molecular complexity index is 2370. The number of nitrogens with one attached hydrogen (secondary N) is 3. The lowest BCUT2D eigenvalue weighted by Crippen LogP contribution is -2.39. The fourth-order valence-electron chi connectivity index (χ4n) is 6.00. The molecule has 4 aromatic carbocycles. The second-order valence-corrected chi connectivity index (χ2v) is 13.7. The molecular formula is C42H42N4O8. The van der Waals surface area contributed by atoms with Gasteiger partial charge in [-0.05, 0) is 81.1 Å². The number of methoxy groups -OCH3 is 2. The number of anilines is 2. The molecule has 0 aliphatic heterocycles. The molecule has 0 aliphatic rings. The van der Waals surface area contributed by atoms with E-state index in [4.69, 9.17) is 18.6 Å². The van der Waals surface area contributed by atoms with Crippen molar-refractivity contribution >= 4 is 51.2 Å². The number of benzene rings is 4. The Kier molecular flexibility index (Phi) is 11.0. The molecule has 0 aliphatic carbocycles. The molecule has 54 heavy (non-hydrogen) atoms. The Morgan fingerprint density at radius 3 is 2.17 bits per heavy atom. The van der Waals surface area contributed by atoms with Gasteiger partial charge in [-0.15, -0.1) is 0 Å². The van der Waals surface area contributed by atoms with Crippen LogP contribution >= 0.6 is 0 Å². The van der Waals surface area contributed by atoms with Crippen LogP contribution in [0.25, 0.3) is 21.9 Å². The van der Waals surface area contributed by atoms with Crippen molar-refractivity contribution in [3.05, 3.63) is 130 Å². The number of rotatable bonds is 12. The summed E-state index contributed by atoms with van der Waals surface area (Å²) < 4.78 is 22.3. The van der Waals surface area contributed by atoms with Gasteiger partial charge in [-0.3, -0.25) is 14.4 Å². The molecule has 6 rings (SSSR count). The summed E-state index contributed by atoms with van der Waals surface area (Å²) in [6.07, 6.45) is 2.81. The zero-order valence-electron chi connectivity index (χ0n) is 30.8. The number of ether oxygens (including phenoxy) is 3. The molecule has 2 aromatic heterocycles. The predicted molar refractivity (Wildman–Crippen MR) is 208 cm³/mol. The first-order valence-corrected chi connectivity index (χ1v) is 17.5. The number of hydrogen-bond donors (Lipinski definition) is 3. The van der Waals surface area contributed by atoms with E-state index >= 15 is 0 Å². The van der Waals surface area contributed by atoms with Crippen molar-refractivity contribution in [2.24, 2.45) is 0 Å². The van der Waals surface area contributed by atoms with E-state index in [0.717, 1.165) is 28.1 Å². The fourth-order valence-corrected chi connectivity index (χ4v) is 6.00. The molecule has 278 valence electrons. The van der Waals surface area contributed by atoms with Crippen LogP contribution in [0.15, 0.2) is 106 Å². The second-order valence-electron chi connectivity index (χ2n) is 13.7. The SMILES string of the molecule is COc1cc(NC(=O)c2cc(=O)c3ccccc3o2)c(C(=O)Nc2ccc(CCN(CCc3c[nH]c4ccccc34)C(=O)OC(C)(C)C)cc2)cc1OC. The van der Waals surface area contributed by atoms with Gasteiger partial charge in [-0.1, -0.05) is 42.5 Å². The summed E-state index contributed by atoms with van der Waals surface area (Å²) in [5.41, 5.74) is 3.05. The van der Waals surface area contributed by atoms with Crippen molar-refractivity contribution in [1.29, 1.82) is 0 Å². The van der Waals surface area contributed by atoms with Gasteiger partial charge in [-0.25, -0.2) is 4.79 Å². The van der Waals surface area contributed by atoms with Gasteiger partial charge in [0.25, 0.3) is 11.8 Å². The fraction of sp³-hybridized carbons (Fsp3) is 0.238. The molecule has 0 unspecified atom stereocenters. The van der Waals surface area contributed by atoms with E-state index in [9.17, 15) is 19.2 Å². The number of fused-ring (bicyclic) bond motifs is 2. The van der Waals surface area contributed by atoms with E-state index in [0.29, 0.717) is 37.0 Å². The number of H-pyrrole nitrogens is 1. The van der Waals surface area contributed by atoms with Crippen LogP contribution in [0.2, 0.25) is 0 Å². The lowest BCUT2D eigenvalue weighted by atomic mass is 10.1. The van der Waals surface area contributed by atoms with Crippen LogP contribution < -0.4 is 25.5 Å². The van der Waals surface area contributed by atoms with Crippen LogP contribution in [0.5, 0.6) is 11.5 Å². The molecular weight excluding hydrogens is 688 g/mol. The van der Waals surface area contributed by atoms with Crippen LogP contribution in [0.3, 0.4) is 0 Å². The van der Waals surface area contributed by atoms with Crippen molar-refractivity contribution in [3.63, 3.8) is 0 Å². The Balaban J connectivity index is 1.15. The Morgan fingerprint density at radius 1 is 0.778 bits per heavy atom. The summed E-state index contributed by atoms with van der Waals surface area (Å²) >= 11 is 0. The van der Waals surface area contributed by atoms with Crippen LogP contribution in [-0.2, 0) is 17.6 Å². The molecule has 0 atom stereocenters. The zero-order valence-corrected chi connectivity index (χ0v) is 30.8. The Labute approximate surface area is 312 Å². The van der Waals surface area contributed by atoms with Crippen molar-refractivity contribution in [2.45, 2.75) is 39.2 Å². The van der Waals surface area contributed by atoms with Gasteiger partial charge in [0.05, 0.1) is 30.9 Å². The predicted octanol–water partition coefficient (Wildman–Crippen LogP) is 7.82. The molecule has 2 heterocycles. The van der Waals surface area contributed by atoms with Crippen molar-refractivity contribution in [2.75, 3.05) is 37.9 Å². The number of para-hydroxylation sites is 2. The van der Waals surface area contributed by atoms with Crippen LogP contribution in [0.4, 0.5) is 16.2 Å². The van der Waals surface area contributed by atoms with E-state index in [1.54, 1.807) is 41.3 Å². The summed E-state index contributed by atoms with van der Waals surface area (Å²) in [5.74, 6) is -0.945. The molecule has 12 nitrogen and oxygen atoms in total. The Morgan fingerprint density at radius 2 is 1.44 bits per heavy atom. The Hall–Kier alpha value is -6.56.